The number of urea groups is 1. The summed E-state index contributed by atoms with van der Waals surface area (Å²) < 4.78 is 24.7. The first kappa shape index (κ1) is 24.4. The number of hydrogen-bond donors (Lipinski definition) is 2. The third-order valence-electron chi connectivity index (χ3n) is 5.66. The summed E-state index contributed by atoms with van der Waals surface area (Å²) in [4.78, 5) is 30.0. The van der Waals surface area contributed by atoms with Gasteiger partial charge in [-0.1, -0.05) is 30.3 Å². The van der Waals surface area contributed by atoms with Crippen LogP contribution >= 0.6 is 0 Å². The maximum atomic E-state index is 12.4. The van der Waals surface area contributed by atoms with Crippen molar-refractivity contribution in [2.45, 2.75) is 51.0 Å². The second kappa shape index (κ2) is 12.1. The minimum absolute atomic E-state index is 0.119. The summed E-state index contributed by atoms with van der Waals surface area (Å²) in [5.74, 6) is 0.379. The van der Waals surface area contributed by atoms with Gasteiger partial charge >= 0.3 is 6.03 Å². The standard InChI is InChI=1S/C26H28F2N6O/c27-23(28)11-6-10-20-15-19(16-30-20)22-17-31-21-12-13-24(33-25(21)32-22)34-26(35)29-14-5-4-9-18-7-2-1-3-8-18/h1-3,7-8,12-13,15-17,20,23H,4-6,9-11,14H2,(H2,29,32,33,34,35). The molecule has 182 valence electrons. The molecule has 1 unspecified atom stereocenters. The monoisotopic (exact) mass is 478 g/mol. The second-order valence-corrected chi connectivity index (χ2v) is 8.41. The SMILES string of the molecule is O=C(NCCCCc1ccccc1)Nc1ccc2ncc(C3=CC(CCCC(F)F)N=C3)nc2n1. The molecule has 2 aromatic heterocycles. The molecule has 0 bridgehead atoms. The number of rotatable bonds is 11. The predicted octanol–water partition coefficient (Wildman–Crippen LogP) is 5.44. The number of anilines is 1. The van der Waals surface area contributed by atoms with E-state index in [-0.39, 0.29) is 18.5 Å². The smallest absolute Gasteiger partial charge is 0.320 e. The molecule has 0 aliphatic carbocycles. The van der Waals surface area contributed by atoms with E-state index in [0.29, 0.717) is 42.1 Å². The quantitative estimate of drug-likeness (QED) is 0.359. The molecule has 3 heterocycles. The fraction of sp³-hybridized carbons (Fsp3) is 0.346. The highest BCUT2D eigenvalue weighted by Gasteiger charge is 2.15. The average molecular weight is 479 g/mol. The van der Waals surface area contributed by atoms with Crippen LogP contribution in [0.2, 0.25) is 0 Å². The number of alkyl halides is 2. The molecule has 1 aliphatic rings. The zero-order chi connectivity index (χ0) is 24.5. The summed E-state index contributed by atoms with van der Waals surface area (Å²) in [5.41, 5.74) is 3.68. The molecule has 0 radical (unpaired) electrons. The lowest BCUT2D eigenvalue weighted by Gasteiger charge is -2.08. The third kappa shape index (κ3) is 7.37. The van der Waals surface area contributed by atoms with Crippen LogP contribution in [0.25, 0.3) is 16.7 Å². The molecule has 1 aromatic carbocycles. The fourth-order valence-corrected chi connectivity index (χ4v) is 3.83. The Morgan fingerprint density at radius 3 is 2.71 bits per heavy atom. The van der Waals surface area contributed by atoms with Gasteiger partial charge in [0.05, 0.1) is 17.9 Å². The Balaban J connectivity index is 1.28. The first-order valence-corrected chi connectivity index (χ1v) is 11.8. The van der Waals surface area contributed by atoms with Gasteiger partial charge in [0, 0.05) is 24.8 Å². The van der Waals surface area contributed by atoms with Crippen molar-refractivity contribution in [3.8, 4) is 0 Å². The second-order valence-electron chi connectivity index (χ2n) is 8.41. The van der Waals surface area contributed by atoms with Crippen LogP contribution in [0, 0.1) is 0 Å². The highest BCUT2D eigenvalue weighted by Crippen LogP contribution is 2.22. The number of nitrogens with one attached hydrogen (secondary N) is 2. The first-order valence-electron chi connectivity index (χ1n) is 11.8. The fourth-order valence-electron chi connectivity index (χ4n) is 3.83. The summed E-state index contributed by atoms with van der Waals surface area (Å²) in [7, 11) is 0. The van der Waals surface area contributed by atoms with Crippen molar-refractivity contribution in [3.05, 3.63) is 66.0 Å². The van der Waals surface area contributed by atoms with Crippen molar-refractivity contribution in [3.63, 3.8) is 0 Å². The zero-order valence-corrected chi connectivity index (χ0v) is 19.3. The number of amides is 2. The lowest BCUT2D eigenvalue weighted by Crippen LogP contribution is -2.29. The molecular formula is C26H28F2N6O. The number of hydrogen-bond acceptors (Lipinski definition) is 5. The number of aryl methyl sites for hydroxylation is 1. The number of halogens is 2. The van der Waals surface area contributed by atoms with Gasteiger partial charge in [-0.3, -0.25) is 15.3 Å². The highest BCUT2D eigenvalue weighted by atomic mass is 19.3. The van der Waals surface area contributed by atoms with Gasteiger partial charge in [0.1, 0.15) is 11.3 Å². The molecule has 9 heteroatoms. The maximum Gasteiger partial charge on any atom is 0.320 e. The Kier molecular flexibility index (Phi) is 8.43. The lowest BCUT2D eigenvalue weighted by atomic mass is 10.1. The number of benzene rings is 1. The van der Waals surface area contributed by atoms with Crippen molar-refractivity contribution in [1.29, 1.82) is 0 Å². The summed E-state index contributed by atoms with van der Waals surface area (Å²) in [6, 6.07) is 13.2. The molecular weight excluding hydrogens is 450 g/mol. The van der Waals surface area contributed by atoms with E-state index < -0.39 is 6.43 Å². The van der Waals surface area contributed by atoms with E-state index in [0.717, 1.165) is 24.8 Å². The number of allylic oxidation sites excluding steroid dienone is 1. The zero-order valence-electron chi connectivity index (χ0n) is 19.3. The minimum atomic E-state index is -2.29. The van der Waals surface area contributed by atoms with Crippen LogP contribution in [0.5, 0.6) is 0 Å². The number of nitrogens with zero attached hydrogens (tertiary/aromatic N) is 4. The summed E-state index contributed by atoms with van der Waals surface area (Å²) in [6.45, 7) is 0.572. The lowest BCUT2D eigenvalue weighted by molar-refractivity contribution is 0.134. The van der Waals surface area contributed by atoms with E-state index in [1.165, 1.54) is 5.56 Å². The maximum absolute atomic E-state index is 12.4. The molecule has 2 amide bonds. The molecule has 3 aromatic rings. The normalized spacial score (nSPS) is 14.9. The van der Waals surface area contributed by atoms with Gasteiger partial charge in [-0.2, -0.15) is 0 Å². The number of carbonyl (C=O) groups excluding carboxylic acids is 1. The molecule has 0 saturated carbocycles. The molecule has 2 N–H and O–H groups in total. The molecule has 0 saturated heterocycles. The van der Waals surface area contributed by atoms with Crippen LogP contribution in [0.4, 0.5) is 19.4 Å². The van der Waals surface area contributed by atoms with Crippen LogP contribution in [0.15, 0.2) is 59.7 Å². The van der Waals surface area contributed by atoms with E-state index in [1.807, 2.05) is 24.3 Å². The summed E-state index contributed by atoms with van der Waals surface area (Å²) in [6.07, 6.45) is 6.67. The van der Waals surface area contributed by atoms with Crippen molar-refractivity contribution in [2.24, 2.45) is 4.99 Å². The number of aromatic nitrogens is 3. The largest absolute Gasteiger partial charge is 0.338 e. The first-order chi connectivity index (χ1) is 17.1. The third-order valence-corrected chi connectivity index (χ3v) is 5.66. The van der Waals surface area contributed by atoms with Crippen molar-refractivity contribution >= 4 is 34.8 Å². The van der Waals surface area contributed by atoms with Gasteiger partial charge in [-0.15, -0.1) is 0 Å². The predicted molar refractivity (Wildman–Crippen MR) is 134 cm³/mol. The van der Waals surface area contributed by atoms with Crippen LogP contribution in [0.3, 0.4) is 0 Å². The average Bonchev–Trinajstić information content (AvgIpc) is 3.33. The van der Waals surface area contributed by atoms with Gasteiger partial charge in [0.2, 0.25) is 6.43 Å². The molecule has 4 rings (SSSR count). The van der Waals surface area contributed by atoms with Crippen molar-refractivity contribution in [1.82, 2.24) is 20.3 Å². The summed E-state index contributed by atoms with van der Waals surface area (Å²) >= 11 is 0. The Labute approximate surface area is 202 Å². The number of unbranched alkanes of at least 4 members (excludes halogenated alkanes) is 1. The molecule has 0 spiro atoms. The minimum Gasteiger partial charge on any atom is -0.338 e. The Hall–Kier alpha value is -3.75. The van der Waals surface area contributed by atoms with E-state index in [9.17, 15) is 13.6 Å². The van der Waals surface area contributed by atoms with Gasteiger partial charge in [0.15, 0.2) is 5.65 Å². The Bertz CT molecular complexity index is 1200. The highest BCUT2D eigenvalue weighted by molar-refractivity contribution is 6.11. The van der Waals surface area contributed by atoms with E-state index in [4.69, 9.17) is 0 Å². The molecule has 0 fully saturated rings. The molecule has 7 nitrogen and oxygen atoms in total. The van der Waals surface area contributed by atoms with Crippen LogP contribution < -0.4 is 10.6 Å². The summed E-state index contributed by atoms with van der Waals surface area (Å²) in [5, 5.41) is 5.59. The molecule has 1 atom stereocenters. The Morgan fingerprint density at radius 1 is 1.03 bits per heavy atom. The topological polar surface area (TPSA) is 92.2 Å². The van der Waals surface area contributed by atoms with Gasteiger partial charge in [-0.05, 0) is 55.9 Å². The molecule has 1 aliphatic heterocycles. The van der Waals surface area contributed by atoms with E-state index in [1.54, 1.807) is 24.5 Å². The number of pyridine rings is 1. The molecule has 35 heavy (non-hydrogen) atoms. The van der Waals surface area contributed by atoms with Gasteiger partial charge < -0.3 is 5.32 Å². The Morgan fingerprint density at radius 2 is 1.89 bits per heavy atom. The van der Waals surface area contributed by atoms with Gasteiger partial charge in [-0.25, -0.2) is 23.5 Å². The van der Waals surface area contributed by atoms with Crippen molar-refractivity contribution < 1.29 is 13.6 Å². The van der Waals surface area contributed by atoms with E-state index >= 15 is 0 Å². The van der Waals surface area contributed by atoms with Crippen LogP contribution in [-0.2, 0) is 6.42 Å². The number of carbonyl (C=O) groups is 1. The van der Waals surface area contributed by atoms with Crippen molar-refractivity contribution in [2.75, 3.05) is 11.9 Å². The number of aliphatic imine (C=N–C) groups is 1. The van der Waals surface area contributed by atoms with Crippen LogP contribution in [-0.4, -0.2) is 46.2 Å². The number of fused-ring (bicyclic) bond motifs is 1. The van der Waals surface area contributed by atoms with Crippen LogP contribution in [0.1, 0.15) is 43.4 Å². The van der Waals surface area contributed by atoms with Gasteiger partial charge in [0.25, 0.3) is 0 Å². The van der Waals surface area contributed by atoms with E-state index in [2.05, 4.69) is 42.7 Å².